The fourth-order valence-electron chi connectivity index (χ4n) is 1.82. The zero-order chi connectivity index (χ0) is 15.2. The lowest BCUT2D eigenvalue weighted by Crippen LogP contribution is -2.25. The van der Waals surface area contributed by atoms with Crippen LogP contribution in [-0.2, 0) is 0 Å². The van der Waals surface area contributed by atoms with Crippen LogP contribution in [0.25, 0.3) is 0 Å². The highest BCUT2D eigenvalue weighted by atomic mass is 32.2. The third kappa shape index (κ3) is 4.22. The number of aryl methyl sites for hydroxylation is 2. The van der Waals surface area contributed by atoms with Gasteiger partial charge in [-0.05, 0) is 37.6 Å². The number of H-pyrrole nitrogens is 1. The van der Waals surface area contributed by atoms with Gasteiger partial charge in [0.25, 0.3) is 5.91 Å². The summed E-state index contributed by atoms with van der Waals surface area (Å²) >= 11 is 1.50. The Morgan fingerprint density at radius 1 is 1.43 bits per heavy atom. The number of methoxy groups -OCH3 is 1. The Morgan fingerprint density at radius 3 is 2.86 bits per heavy atom. The van der Waals surface area contributed by atoms with Gasteiger partial charge in [0.2, 0.25) is 5.16 Å². The largest absolute Gasteiger partial charge is 0.496 e. The normalized spacial score (nSPS) is 10.4. The first-order chi connectivity index (χ1) is 10.1. The van der Waals surface area contributed by atoms with Crippen LogP contribution in [0.3, 0.4) is 0 Å². The number of ether oxygens (including phenoxy) is 1. The van der Waals surface area contributed by atoms with Gasteiger partial charge in [0.05, 0.1) is 7.11 Å². The molecule has 7 heteroatoms. The molecule has 2 rings (SSSR count). The summed E-state index contributed by atoms with van der Waals surface area (Å²) in [5, 5.41) is 10.4. The van der Waals surface area contributed by atoms with E-state index in [2.05, 4.69) is 20.5 Å². The molecule has 0 aliphatic heterocycles. The number of rotatable bonds is 6. The maximum Gasteiger partial charge on any atom is 0.251 e. The smallest absolute Gasteiger partial charge is 0.251 e. The van der Waals surface area contributed by atoms with Gasteiger partial charge in [-0.2, -0.15) is 0 Å². The molecule has 0 aliphatic rings. The number of nitrogens with zero attached hydrogens (tertiary/aromatic N) is 2. The van der Waals surface area contributed by atoms with E-state index in [1.807, 2.05) is 19.9 Å². The molecule has 0 bridgehead atoms. The van der Waals surface area contributed by atoms with Crippen LogP contribution in [0.4, 0.5) is 0 Å². The van der Waals surface area contributed by atoms with Crippen molar-refractivity contribution in [1.82, 2.24) is 20.5 Å². The first kappa shape index (κ1) is 15.4. The maximum atomic E-state index is 12.0. The predicted molar refractivity (Wildman–Crippen MR) is 81.9 cm³/mol. The van der Waals surface area contributed by atoms with Crippen LogP contribution in [0, 0.1) is 13.8 Å². The van der Waals surface area contributed by atoms with Gasteiger partial charge >= 0.3 is 0 Å². The van der Waals surface area contributed by atoms with E-state index in [4.69, 9.17) is 4.74 Å². The molecule has 0 saturated heterocycles. The summed E-state index contributed by atoms with van der Waals surface area (Å²) in [5.74, 6) is 2.20. The van der Waals surface area contributed by atoms with E-state index in [1.165, 1.54) is 11.8 Å². The van der Waals surface area contributed by atoms with E-state index >= 15 is 0 Å². The second-order valence-electron chi connectivity index (χ2n) is 4.49. The zero-order valence-electron chi connectivity index (χ0n) is 12.3. The van der Waals surface area contributed by atoms with E-state index < -0.39 is 0 Å². The van der Waals surface area contributed by atoms with Crippen molar-refractivity contribution in [2.45, 2.75) is 19.0 Å². The third-order valence-corrected chi connectivity index (χ3v) is 3.70. The molecule has 0 saturated carbocycles. The summed E-state index contributed by atoms with van der Waals surface area (Å²) < 4.78 is 5.18. The fourth-order valence-corrected chi connectivity index (χ4v) is 2.51. The summed E-state index contributed by atoms with van der Waals surface area (Å²) in [6.07, 6.45) is 0. The van der Waals surface area contributed by atoms with E-state index in [9.17, 15) is 4.79 Å². The van der Waals surface area contributed by atoms with Gasteiger partial charge < -0.3 is 10.1 Å². The molecule has 1 aromatic carbocycles. The monoisotopic (exact) mass is 306 g/mol. The van der Waals surface area contributed by atoms with Gasteiger partial charge in [-0.15, -0.1) is 5.10 Å². The molecule has 21 heavy (non-hydrogen) atoms. The second-order valence-corrected chi connectivity index (χ2v) is 5.55. The summed E-state index contributed by atoms with van der Waals surface area (Å²) in [6.45, 7) is 4.32. The lowest BCUT2D eigenvalue weighted by molar-refractivity contribution is 0.0956. The average molecular weight is 306 g/mol. The van der Waals surface area contributed by atoms with Crippen molar-refractivity contribution >= 4 is 17.7 Å². The highest BCUT2D eigenvalue weighted by molar-refractivity contribution is 7.99. The number of aromatic nitrogens is 3. The van der Waals surface area contributed by atoms with Crippen LogP contribution in [0.5, 0.6) is 5.75 Å². The molecule has 0 fully saturated rings. The van der Waals surface area contributed by atoms with Gasteiger partial charge in [0, 0.05) is 17.9 Å². The van der Waals surface area contributed by atoms with Crippen molar-refractivity contribution in [3.8, 4) is 5.75 Å². The predicted octanol–water partition coefficient (Wildman–Crippen LogP) is 1.95. The minimum Gasteiger partial charge on any atom is -0.496 e. The van der Waals surface area contributed by atoms with Crippen LogP contribution < -0.4 is 10.1 Å². The lowest BCUT2D eigenvalue weighted by atomic mass is 10.1. The van der Waals surface area contributed by atoms with Crippen molar-refractivity contribution in [2.24, 2.45) is 0 Å². The molecule has 0 atom stereocenters. The summed E-state index contributed by atoms with van der Waals surface area (Å²) in [4.78, 5) is 16.2. The second kappa shape index (κ2) is 7.12. The minimum absolute atomic E-state index is 0.0903. The zero-order valence-corrected chi connectivity index (χ0v) is 13.1. The number of thioether (sulfide) groups is 1. The molecule has 112 valence electrons. The number of nitrogens with one attached hydrogen (secondary N) is 2. The van der Waals surface area contributed by atoms with Gasteiger partial charge in [0.15, 0.2) is 0 Å². The quantitative estimate of drug-likeness (QED) is 0.630. The summed E-state index contributed by atoms with van der Waals surface area (Å²) in [5.41, 5.74) is 1.57. The Hall–Kier alpha value is -2.02. The van der Waals surface area contributed by atoms with E-state index in [0.29, 0.717) is 17.3 Å². The Morgan fingerprint density at radius 2 is 2.24 bits per heavy atom. The molecule has 2 N–H and O–H groups in total. The maximum absolute atomic E-state index is 12.0. The van der Waals surface area contributed by atoms with Crippen LogP contribution in [0.2, 0.25) is 0 Å². The molecule has 0 radical (unpaired) electrons. The molecule has 0 unspecified atom stereocenters. The van der Waals surface area contributed by atoms with Crippen molar-refractivity contribution < 1.29 is 9.53 Å². The van der Waals surface area contributed by atoms with Gasteiger partial charge in [-0.1, -0.05) is 11.8 Å². The third-order valence-electron chi connectivity index (χ3n) is 2.85. The minimum atomic E-state index is -0.0903. The van der Waals surface area contributed by atoms with Crippen LogP contribution >= 0.6 is 11.8 Å². The molecule has 0 aliphatic carbocycles. The number of amides is 1. The summed E-state index contributed by atoms with van der Waals surface area (Å²) in [6, 6.07) is 5.38. The van der Waals surface area contributed by atoms with Crippen molar-refractivity contribution in [3.05, 3.63) is 35.2 Å². The first-order valence-electron chi connectivity index (χ1n) is 6.55. The standard InChI is InChI=1S/C14H18N4O2S/c1-9-8-11(4-5-12(9)20-3)13(19)15-6-7-21-14-16-10(2)17-18-14/h4-5,8H,6-7H2,1-3H3,(H,15,19)(H,16,17,18). The molecular formula is C14H18N4O2S. The number of hydrogen-bond acceptors (Lipinski definition) is 5. The summed E-state index contributed by atoms with van der Waals surface area (Å²) in [7, 11) is 1.62. The van der Waals surface area contributed by atoms with E-state index in [-0.39, 0.29) is 5.91 Å². The number of aromatic amines is 1. The average Bonchev–Trinajstić information content (AvgIpc) is 2.89. The lowest BCUT2D eigenvalue weighted by Gasteiger charge is -2.08. The van der Waals surface area contributed by atoms with Gasteiger partial charge in [0.1, 0.15) is 11.6 Å². The number of hydrogen-bond donors (Lipinski definition) is 2. The molecule has 2 aromatic rings. The molecule has 1 aromatic heterocycles. The Balaban J connectivity index is 1.80. The van der Waals surface area contributed by atoms with Crippen molar-refractivity contribution in [1.29, 1.82) is 0 Å². The first-order valence-corrected chi connectivity index (χ1v) is 7.53. The van der Waals surface area contributed by atoms with Gasteiger partial charge in [-0.3, -0.25) is 9.89 Å². The number of carbonyl (C=O) groups is 1. The SMILES string of the molecule is COc1ccc(C(=O)NCCSc2n[nH]c(C)n2)cc1C. The van der Waals surface area contributed by atoms with Crippen molar-refractivity contribution in [2.75, 3.05) is 19.4 Å². The van der Waals surface area contributed by atoms with E-state index in [1.54, 1.807) is 19.2 Å². The molecule has 6 nitrogen and oxygen atoms in total. The Bertz CT molecular complexity index is 627. The Kier molecular flexibility index (Phi) is 5.21. The van der Waals surface area contributed by atoms with Crippen LogP contribution in [-0.4, -0.2) is 40.5 Å². The highest BCUT2D eigenvalue weighted by Crippen LogP contribution is 2.18. The fraction of sp³-hybridized carbons (Fsp3) is 0.357. The topological polar surface area (TPSA) is 79.9 Å². The molecule has 1 amide bonds. The number of carbonyl (C=O) groups excluding carboxylic acids is 1. The van der Waals surface area contributed by atoms with Gasteiger partial charge in [-0.25, -0.2) is 4.98 Å². The van der Waals surface area contributed by atoms with Crippen LogP contribution in [0.1, 0.15) is 21.7 Å². The van der Waals surface area contributed by atoms with Crippen molar-refractivity contribution in [3.63, 3.8) is 0 Å². The Labute approximate surface area is 127 Å². The molecule has 0 spiro atoms. The highest BCUT2D eigenvalue weighted by Gasteiger charge is 2.08. The molecule has 1 heterocycles. The van der Waals surface area contributed by atoms with E-state index in [0.717, 1.165) is 22.9 Å². The number of benzene rings is 1. The van der Waals surface area contributed by atoms with Crippen LogP contribution in [0.15, 0.2) is 23.4 Å². The molecular weight excluding hydrogens is 288 g/mol.